The highest BCUT2D eigenvalue weighted by molar-refractivity contribution is 8.00. The number of benzene rings is 2. The van der Waals surface area contributed by atoms with Crippen LogP contribution in [0.5, 0.6) is 5.88 Å². The first kappa shape index (κ1) is 21.8. The molecule has 32 heavy (non-hydrogen) atoms. The van der Waals surface area contributed by atoms with Crippen LogP contribution in [-0.2, 0) is 6.42 Å². The zero-order valence-electron chi connectivity index (χ0n) is 17.4. The molecule has 6 nitrogen and oxygen atoms in total. The number of ether oxygens (including phenoxy) is 1. The minimum Gasteiger partial charge on any atom is -0.480 e. The number of ketones is 1. The van der Waals surface area contributed by atoms with Crippen molar-refractivity contribution in [2.24, 2.45) is 0 Å². The monoisotopic (exact) mass is 454 g/mol. The van der Waals surface area contributed by atoms with Crippen LogP contribution in [0.1, 0.15) is 34.8 Å². The Balaban J connectivity index is 1.63. The van der Waals surface area contributed by atoms with Crippen LogP contribution in [0, 0.1) is 11.6 Å². The number of rotatable bonds is 8. The number of methoxy groups -OCH3 is 1. The number of halogens is 2. The lowest BCUT2D eigenvalue weighted by molar-refractivity contribution is 0.103. The van der Waals surface area contributed by atoms with E-state index >= 15 is 4.39 Å². The van der Waals surface area contributed by atoms with E-state index in [2.05, 4.69) is 26.6 Å². The van der Waals surface area contributed by atoms with Gasteiger partial charge in [-0.25, -0.2) is 18.7 Å². The Bertz CT molecular complexity index is 1280. The number of aromatic amines is 1. The molecule has 0 radical (unpaired) electrons. The molecular weight excluding hydrogens is 434 g/mol. The number of fused-ring (bicyclic) bond motifs is 1. The van der Waals surface area contributed by atoms with E-state index in [1.54, 1.807) is 0 Å². The molecule has 164 valence electrons. The fourth-order valence-electron chi connectivity index (χ4n) is 3.37. The van der Waals surface area contributed by atoms with Crippen molar-refractivity contribution in [3.8, 4) is 5.88 Å². The number of nitrogens with one attached hydrogen (secondary N) is 2. The van der Waals surface area contributed by atoms with E-state index in [0.717, 1.165) is 23.8 Å². The average Bonchev–Trinajstić information content (AvgIpc) is 3.24. The number of carbonyl (C=O) groups excluding carboxylic acids is 1. The van der Waals surface area contributed by atoms with Crippen LogP contribution in [0.25, 0.3) is 11.0 Å². The van der Waals surface area contributed by atoms with Gasteiger partial charge in [-0.05, 0) is 48.2 Å². The summed E-state index contributed by atoms with van der Waals surface area (Å²) < 4.78 is 37.8. The van der Waals surface area contributed by atoms with Gasteiger partial charge in [-0.1, -0.05) is 25.5 Å². The molecule has 0 bridgehead atoms. The second kappa shape index (κ2) is 9.35. The Kier molecular flexibility index (Phi) is 6.36. The maximum atomic E-state index is 15.2. The molecule has 0 unspecified atom stereocenters. The lowest BCUT2D eigenvalue weighted by Crippen LogP contribution is -2.09. The van der Waals surface area contributed by atoms with Crippen molar-refractivity contribution >= 4 is 34.5 Å². The first-order chi connectivity index (χ1) is 15.5. The van der Waals surface area contributed by atoms with Crippen LogP contribution in [-0.4, -0.2) is 27.8 Å². The Labute approximate surface area is 187 Å². The molecule has 0 spiro atoms. The summed E-state index contributed by atoms with van der Waals surface area (Å²) in [5.41, 5.74) is 0.904. The van der Waals surface area contributed by atoms with Crippen LogP contribution >= 0.6 is 11.9 Å². The molecule has 0 aliphatic heterocycles. The van der Waals surface area contributed by atoms with E-state index in [-0.39, 0.29) is 22.5 Å². The molecule has 2 N–H and O–H groups in total. The van der Waals surface area contributed by atoms with Gasteiger partial charge in [-0.3, -0.25) is 4.79 Å². The highest BCUT2D eigenvalue weighted by Gasteiger charge is 2.26. The first-order valence-corrected chi connectivity index (χ1v) is 10.8. The fourth-order valence-corrected chi connectivity index (χ4v) is 4.03. The molecule has 0 saturated carbocycles. The summed E-state index contributed by atoms with van der Waals surface area (Å²) in [6, 6.07) is 10.2. The highest BCUT2D eigenvalue weighted by atomic mass is 32.2. The smallest absolute Gasteiger partial charge is 0.226 e. The Morgan fingerprint density at radius 3 is 2.66 bits per heavy atom. The van der Waals surface area contributed by atoms with Gasteiger partial charge < -0.3 is 14.4 Å². The summed E-state index contributed by atoms with van der Waals surface area (Å²) >= 11 is 1.18. The van der Waals surface area contributed by atoms with Gasteiger partial charge in [0.2, 0.25) is 11.7 Å². The van der Waals surface area contributed by atoms with Crippen LogP contribution in [0.4, 0.5) is 14.5 Å². The molecular formula is C23H20F2N4O2S. The molecule has 0 saturated heterocycles. The van der Waals surface area contributed by atoms with Gasteiger partial charge in [0, 0.05) is 11.1 Å². The summed E-state index contributed by atoms with van der Waals surface area (Å²) in [7, 11) is 1.39. The maximum absolute atomic E-state index is 15.2. The lowest BCUT2D eigenvalue weighted by atomic mass is 10.0. The minimum absolute atomic E-state index is 0.000408. The van der Waals surface area contributed by atoms with Crippen molar-refractivity contribution in [3.63, 3.8) is 0 Å². The summed E-state index contributed by atoms with van der Waals surface area (Å²) in [5, 5.41) is 0.263. The Hall–Kier alpha value is -3.46. The molecule has 2 aromatic carbocycles. The van der Waals surface area contributed by atoms with E-state index in [1.807, 2.05) is 24.3 Å². The van der Waals surface area contributed by atoms with Gasteiger partial charge >= 0.3 is 0 Å². The van der Waals surface area contributed by atoms with E-state index in [0.29, 0.717) is 5.65 Å². The number of hydrogen-bond acceptors (Lipinski definition) is 6. The van der Waals surface area contributed by atoms with Crippen LogP contribution in [0.3, 0.4) is 0 Å². The third kappa shape index (κ3) is 4.16. The van der Waals surface area contributed by atoms with Crippen molar-refractivity contribution < 1.29 is 18.3 Å². The van der Waals surface area contributed by atoms with E-state index in [1.165, 1.54) is 43.2 Å². The number of hydrogen-bond donors (Lipinski definition) is 2. The summed E-state index contributed by atoms with van der Waals surface area (Å²) in [6.45, 7) is 2.11. The van der Waals surface area contributed by atoms with Crippen molar-refractivity contribution in [2.75, 3.05) is 11.8 Å². The predicted octanol–water partition coefficient (Wildman–Crippen LogP) is 5.55. The maximum Gasteiger partial charge on any atom is 0.226 e. The van der Waals surface area contributed by atoms with Crippen molar-refractivity contribution in [1.82, 2.24) is 15.0 Å². The first-order valence-electron chi connectivity index (χ1n) is 9.94. The third-order valence-electron chi connectivity index (χ3n) is 4.93. The number of anilines is 1. The number of carbonyl (C=O) groups is 1. The normalized spacial score (nSPS) is 11.0. The van der Waals surface area contributed by atoms with E-state index in [4.69, 9.17) is 4.74 Å². The van der Waals surface area contributed by atoms with Gasteiger partial charge in [0.05, 0.1) is 29.3 Å². The van der Waals surface area contributed by atoms with Crippen LogP contribution in [0.2, 0.25) is 0 Å². The Morgan fingerprint density at radius 1 is 1.16 bits per heavy atom. The minimum atomic E-state index is -0.977. The van der Waals surface area contributed by atoms with Gasteiger partial charge in [0.15, 0.2) is 5.82 Å². The Morgan fingerprint density at radius 2 is 1.94 bits per heavy atom. The number of aromatic nitrogens is 3. The standard InChI is InChI=1S/C23H20F2N4O2S/c1-3-4-13-5-7-14(8-6-13)32-29-17-10-9-16(24)19(20(17)25)21(30)15-11-26-22-18(15)23(31-2)28-12-27-22/h5-12,29H,3-4H2,1-2H3,(H,26,27,28). The molecule has 0 fully saturated rings. The average molecular weight is 455 g/mol. The van der Waals surface area contributed by atoms with E-state index < -0.39 is 23.0 Å². The molecule has 4 rings (SSSR count). The second-order valence-electron chi connectivity index (χ2n) is 7.02. The number of H-pyrrole nitrogens is 1. The summed E-state index contributed by atoms with van der Waals surface area (Å²) in [5.74, 6) is -2.64. The zero-order valence-corrected chi connectivity index (χ0v) is 18.2. The predicted molar refractivity (Wildman–Crippen MR) is 120 cm³/mol. The summed E-state index contributed by atoms with van der Waals surface area (Å²) in [6.07, 6.45) is 4.65. The third-order valence-corrected chi connectivity index (χ3v) is 5.76. The van der Waals surface area contributed by atoms with Crippen LogP contribution in [0.15, 0.2) is 53.8 Å². The SMILES string of the molecule is CCCc1ccc(SNc2ccc(F)c(C(=O)c3c[nH]c4ncnc(OC)c34)c2F)cc1. The molecule has 0 amide bonds. The van der Waals surface area contributed by atoms with Gasteiger partial charge in [-0.15, -0.1) is 0 Å². The van der Waals surface area contributed by atoms with Crippen molar-refractivity contribution in [2.45, 2.75) is 24.7 Å². The van der Waals surface area contributed by atoms with E-state index in [9.17, 15) is 9.18 Å². The second-order valence-corrected chi connectivity index (χ2v) is 7.90. The molecule has 0 atom stereocenters. The largest absolute Gasteiger partial charge is 0.480 e. The molecule has 0 aliphatic carbocycles. The van der Waals surface area contributed by atoms with Gasteiger partial charge in [-0.2, -0.15) is 0 Å². The fraction of sp³-hybridized carbons (Fsp3) is 0.174. The number of aryl methyl sites for hydroxylation is 1. The molecule has 4 aromatic rings. The van der Waals surface area contributed by atoms with Gasteiger partial charge in [0.1, 0.15) is 17.8 Å². The molecule has 9 heteroatoms. The number of nitrogens with zero attached hydrogens (tertiary/aromatic N) is 2. The highest BCUT2D eigenvalue weighted by Crippen LogP contribution is 2.31. The topological polar surface area (TPSA) is 79.9 Å². The zero-order chi connectivity index (χ0) is 22.7. The van der Waals surface area contributed by atoms with Crippen LogP contribution < -0.4 is 9.46 Å². The van der Waals surface area contributed by atoms with Crippen molar-refractivity contribution in [1.29, 1.82) is 0 Å². The molecule has 2 aromatic heterocycles. The van der Waals surface area contributed by atoms with Gasteiger partial charge in [0.25, 0.3) is 0 Å². The lowest BCUT2D eigenvalue weighted by Gasteiger charge is -2.11. The molecule has 0 aliphatic rings. The van der Waals surface area contributed by atoms with Crippen molar-refractivity contribution in [3.05, 3.63) is 77.2 Å². The quantitative estimate of drug-likeness (QED) is 0.269. The summed E-state index contributed by atoms with van der Waals surface area (Å²) in [4.78, 5) is 24.8. The molecule has 2 heterocycles.